The zero-order valence-electron chi connectivity index (χ0n) is 9.16. The molecule has 1 rings (SSSR count). The molecule has 7 heteroatoms. The lowest BCUT2D eigenvalue weighted by molar-refractivity contribution is -0.292. The molecule has 0 spiro atoms. The number of ether oxygens (including phenoxy) is 1. The fourth-order valence-electron chi connectivity index (χ4n) is 0.999. The van der Waals surface area contributed by atoms with Crippen LogP contribution in [0, 0.1) is 5.82 Å². The molecule has 1 aromatic carbocycles. The van der Waals surface area contributed by atoms with Crippen LogP contribution in [-0.2, 0) is 4.74 Å². The van der Waals surface area contributed by atoms with E-state index in [9.17, 15) is 17.6 Å². The molecule has 0 unspecified atom stereocenters. The van der Waals surface area contributed by atoms with E-state index in [0.717, 1.165) is 25.5 Å². The summed E-state index contributed by atoms with van der Waals surface area (Å²) in [4.78, 5) is 0. The first kappa shape index (κ1) is 14.0. The number of halogens is 4. The fraction of sp³-hybridized carbons (Fsp3) is 0.182. The van der Waals surface area contributed by atoms with E-state index in [1.807, 2.05) is 0 Å². The molecule has 98 valence electrons. The molecule has 1 N–H and O–H groups in total. The van der Waals surface area contributed by atoms with Gasteiger partial charge in [0.1, 0.15) is 5.82 Å². The van der Waals surface area contributed by atoms with Crippen molar-refractivity contribution in [1.82, 2.24) is 0 Å². The molecule has 0 aromatic heterocycles. The fourth-order valence-corrected chi connectivity index (χ4v) is 0.999. The van der Waals surface area contributed by atoms with E-state index in [1.165, 1.54) is 12.1 Å². The maximum atomic E-state index is 12.6. The summed E-state index contributed by atoms with van der Waals surface area (Å²) < 4.78 is 58.2. The van der Waals surface area contributed by atoms with E-state index < -0.39 is 23.7 Å². The largest absolute Gasteiger partial charge is 0.518 e. The van der Waals surface area contributed by atoms with Crippen molar-refractivity contribution in [2.75, 3.05) is 7.11 Å². The van der Waals surface area contributed by atoms with Crippen molar-refractivity contribution in [2.24, 2.45) is 0 Å². The number of hydrogen-bond donors (Lipinski definition) is 1. The Kier molecular flexibility index (Phi) is 4.30. The summed E-state index contributed by atoms with van der Waals surface area (Å²) in [6.07, 6.45) is -4.19. The van der Waals surface area contributed by atoms with Gasteiger partial charge in [-0.25, -0.2) is 8.82 Å². The van der Waals surface area contributed by atoms with Crippen LogP contribution in [0.1, 0.15) is 9.99 Å². The zero-order valence-corrected chi connectivity index (χ0v) is 9.16. The molecule has 0 fully saturated rings. The highest BCUT2D eigenvalue weighted by molar-refractivity contribution is 5.75. The number of alkyl halides is 3. The number of hydrogen-bond acceptors (Lipinski definition) is 2. The molecule has 0 bridgehead atoms. The van der Waals surface area contributed by atoms with Crippen LogP contribution in [0.15, 0.2) is 36.0 Å². The van der Waals surface area contributed by atoms with E-state index in [4.69, 9.17) is 5.11 Å². The molecule has 0 atom stereocenters. The highest BCUT2D eigenvalue weighted by Gasteiger charge is 2.49. The van der Waals surface area contributed by atoms with Gasteiger partial charge in [0.2, 0.25) is 0 Å². The van der Waals surface area contributed by atoms with E-state index in [-0.39, 0.29) is 5.56 Å². The van der Waals surface area contributed by atoms with E-state index in [2.05, 4.69) is 9.16 Å². The quantitative estimate of drug-likeness (QED) is 0.395. The number of carbonyl (C=O) groups excluding carboxylic acids is 1. The smallest absolute Gasteiger partial charge is 0.474 e. The minimum absolute atomic E-state index is 0.196. The average Bonchev–Trinajstić information content (AvgIpc) is 2.29. The Bertz CT molecular complexity index is 460. The summed E-state index contributed by atoms with van der Waals surface area (Å²) >= 11 is 0. The molecule has 0 heterocycles. The van der Waals surface area contributed by atoms with E-state index in [1.54, 1.807) is 0 Å². The van der Waals surface area contributed by atoms with Gasteiger partial charge in [0.05, 0.1) is 12.7 Å². The maximum Gasteiger partial charge on any atom is 0.518 e. The molecule has 0 radical (unpaired) electrons. The molecule has 1 aromatic rings. The molecule has 0 saturated carbocycles. The summed E-state index contributed by atoms with van der Waals surface area (Å²) in [6, 6.07) is 4.55. The number of benzene rings is 1. The van der Waals surface area contributed by atoms with Gasteiger partial charge in [0.25, 0.3) is 0 Å². The van der Waals surface area contributed by atoms with Crippen LogP contribution in [0.4, 0.5) is 17.6 Å². The Morgan fingerprint density at radius 2 is 1.83 bits per heavy atom. The number of methoxy groups -OCH3 is 1. The van der Waals surface area contributed by atoms with Gasteiger partial charge in [0, 0.05) is 0 Å². The second-order valence-corrected chi connectivity index (χ2v) is 3.12. The SMILES string of the molecule is CO/C(O)=C(/[O+]=Cc1ccc(F)cc1)C(F)(F)F. The normalized spacial score (nSPS) is 13.6. The minimum atomic E-state index is -4.91. The van der Waals surface area contributed by atoms with Gasteiger partial charge in [-0.2, -0.15) is 13.2 Å². The third-order valence-corrected chi connectivity index (χ3v) is 1.83. The Morgan fingerprint density at radius 1 is 1.28 bits per heavy atom. The number of aliphatic hydroxyl groups is 1. The van der Waals surface area contributed by atoms with Crippen LogP contribution >= 0.6 is 0 Å². The van der Waals surface area contributed by atoms with Crippen molar-refractivity contribution < 1.29 is 31.8 Å². The second-order valence-electron chi connectivity index (χ2n) is 3.12. The third kappa shape index (κ3) is 3.76. The predicted octanol–water partition coefficient (Wildman–Crippen LogP) is 3.11. The van der Waals surface area contributed by atoms with Crippen LogP contribution in [-0.4, -0.2) is 24.7 Å². The highest BCUT2D eigenvalue weighted by atomic mass is 19.4. The van der Waals surface area contributed by atoms with Crippen molar-refractivity contribution in [1.29, 1.82) is 0 Å². The van der Waals surface area contributed by atoms with Crippen LogP contribution < -0.4 is 0 Å². The van der Waals surface area contributed by atoms with Gasteiger partial charge in [0.15, 0.2) is 0 Å². The van der Waals surface area contributed by atoms with Crippen LogP contribution in [0.2, 0.25) is 0 Å². The molecular formula is C11H9F4O3+. The first-order chi connectivity index (χ1) is 8.34. The molecule has 0 aliphatic rings. The summed E-state index contributed by atoms with van der Waals surface area (Å²) in [5.74, 6) is -3.60. The molecule has 0 amide bonds. The number of allylic oxidation sites excluding steroid dienone is 1. The predicted molar refractivity (Wildman–Crippen MR) is 54.5 cm³/mol. The standard InChI is InChI=1S/C11H8F4O3/c1-17-10(16)9(11(13,14)15)18-6-7-2-4-8(12)5-3-7/h2-6H,1H3/p+1/b10-9+. The van der Waals surface area contributed by atoms with Gasteiger partial charge >= 0.3 is 24.2 Å². The monoisotopic (exact) mass is 265 g/mol. The molecule has 0 aliphatic carbocycles. The number of aliphatic hydroxyl groups excluding tert-OH is 1. The Hall–Kier alpha value is -2.05. The van der Waals surface area contributed by atoms with Crippen molar-refractivity contribution in [3.8, 4) is 0 Å². The molecule has 0 aliphatic heterocycles. The Balaban J connectivity index is 3.02. The minimum Gasteiger partial charge on any atom is -0.474 e. The van der Waals surface area contributed by atoms with Gasteiger partial charge in [-0.3, -0.25) is 0 Å². The van der Waals surface area contributed by atoms with E-state index in [0.29, 0.717) is 0 Å². The summed E-state index contributed by atoms with van der Waals surface area (Å²) in [5.41, 5.74) is 0.196. The van der Waals surface area contributed by atoms with Crippen molar-refractivity contribution in [2.45, 2.75) is 6.18 Å². The maximum absolute atomic E-state index is 12.6. The molecule has 18 heavy (non-hydrogen) atoms. The Morgan fingerprint density at radius 3 is 2.28 bits per heavy atom. The van der Waals surface area contributed by atoms with Crippen molar-refractivity contribution in [3.05, 3.63) is 47.4 Å². The van der Waals surface area contributed by atoms with Crippen molar-refractivity contribution in [3.63, 3.8) is 0 Å². The number of rotatable bonds is 3. The van der Waals surface area contributed by atoms with Crippen LogP contribution in [0.25, 0.3) is 0 Å². The molecule has 3 nitrogen and oxygen atoms in total. The van der Waals surface area contributed by atoms with Gasteiger partial charge in [-0.05, 0) is 24.3 Å². The van der Waals surface area contributed by atoms with Gasteiger partial charge < -0.3 is 9.84 Å². The second kappa shape index (κ2) is 5.52. The lowest BCUT2D eigenvalue weighted by Gasteiger charge is -1.99. The van der Waals surface area contributed by atoms with E-state index >= 15 is 0 Å². The first-order valence-electron chi connectivity index (χ1n) is 4.64. The Labute approximate surface area is 99.6 Å². The number of aldehydes is 1. The summed E-state index contributed by atoms with van der Waals surface area (Å²) in [5, 5.41) is 8.91. The molecule has 0 saturated heterocycles. The average molecular weight is 265 g/mol. The first-order valence-corrected chi connectivity index (χ1v) is 4.64. The van der Waals surface area contributed by atoms with Crippen LogP contribution in [0.5, 0.6) is 0 Å². The zero-order chi connectivity index (χ0) is 13.8. The summed E-state index contributed by atoms with van der Waals surface area (Å²) in [7, 11) is 0.863. The van der Waals surface area contributed by atoms with Gasteiger partial charge in [-0.15, -0.1) is 0 Å². The lowest BCUT2D eigenvalue weighted by Crippen LogP contribution is -2.14. The highest BCUT2D eigenvalue weighted by Crippen LogP contribution is 2.28. The van der Waals surface area contributed by atoms with Crippen molar-refractivity contribution >= 4 is 6.29 Å². The van der Waals surface area contributed by atoms with Crippen LogP contribution in [0.3, 0.4) is 0 Å². The van der Waals surface area contributed by atoms with Gasteiger partial charge in [-0.1, -0.05) is 0 Å². The lowest BCUT2D eigenvalue weighted by atomic mass is 10.2. The summed E-state index contributed by atoms with van der Waals surface area (Å²) in [6.45, 7) is 0. The topological polar surface area (TPSA) is 40.8 Å². The molecular weight excluding hydrogens is 256 g/mol. The third-order valence-electron chi connectivity index (χ3n) is 1.83.